The zero-order valence-corrected chi connectivity index (χ0v) is 20.6. The van der Waals surface area contributed by atoms with E-state index in [4.69, 9.17) is 4.74 Å². The van der Waals surface area contributed by atoms with Crippen LogP contribution in [0.5, 0.6) is 5.75 Å². The summed E-state index contributed by atoms with van der Waals surface area (Å²) in [5.41, 5.74) is 3.94. The van der Waals surface area contributed by atoms with Gasteiger partial charge in [-0.05, 0) is 66.2 Å². The number of methoxy groups -OCH3 is 1. The summed E-state index contributed by atoms with van der Waals surface area (Å²) in [7, 11) is 5.66. The number of piperazine rings is 1. The second kappa shape index (κ2) is 11.2. The number of hydrogen-bond acceptors (Lipinski definition) is 5. The van der Waals surface area contributed by atoms with E-state index in [0.29, 0.717) is 12.1 Å². The molecular formula is C28H33FN4O2. The number of rotatable bonds is 8. The zero-order valence-electron chi connectivity index (χ0n) is 20.6. The smallest absolute Gasteiger partial charge is 0.251 e. The molecule has 0 aromatic heterocycles. The Morgan fingerprint density at radius 3 is 2.14 bits per heavy atom. The minimum atomic E-state index is -0.221. The largest absolute Gasteiger partial charge is 0.497 e. The van der Waals surface area contributed by atoms with Crippen LogP contribution in [0.2, 0.25) is 0 Å². The normalized spacial score (nSPS) is 14.9. The number of halogens is 1. The molecule has 0 unspecified atom stereocenters. The first kappa shape index (κ1) is 24.5. The number of nitrogens with zero attached hydrogens (tertiary/aromatic N) is 3. The summed E-state index contributed by atoms with van der Waals surface area (Å²) < 4.78 is 18.5. The Bertz CT molecular complexity index is 1090. The van der Waals surface area contributed by atoms with Gasteiger partial charge in [-0.25, -0.2) is 4.39 Å². The van der Waals surface area contributed by atoms with Crippen LogP contribution in [-0.2, 0) is 0 Å². The summed E-state index contributed by atoms with van der Waals surface area (Å²) in [6, 6.07) is 22.4. The van der Waals surface area contributed by atoms with Gasteiger partial charge in [-0.2, -0.15) is 0 Å². The number of nitrogens with one attached hydrogen (secondary N) is 1. The molecule has 1 fully saturated rings. The minimum absolute atomic E-state index is 0.0452. The highest BCUT2D eigenvalue weighted by Gasteiger charge is 2.26. The number of benzene rings is 3. The molecule has 1 aliphatic heterocycles. The van der Waals surface area contributed by atoms with Crippen LogP contribution >= 0.6 is 0 Å². The molecule has 0 bridgehead atoms. The van der Waals surface area contributed by atoms with Crippen molar-refractivity contribution in [3.63, 3.8) is 0 Å². The Morgan fingerprint density at radius 2 is 1.57 bits per heavy atom. The lowest BCUT2D eigenvalue weighted by molar-refractivity contribution is 0.0930. The Labute approximate surface area is 206 Å². The van der Waals surface area contributed by atoms with E-state index in [9.17, 15) is 9.18 Å². The van der Waals surface area contributed by atoms with Crippen LogP contribution in [-0.4, -0.2) is 64.7 Å². The minimum Gasteiger partial charge on any atom is -0.497 e. The molecule has 1 heterocycles. The standard InChI is InChI=1S/C28H33FN4O2/c1-31(2)24-10-4-21(5-11-24)27(20-30-28(34)22-6-14-26(35-3)15-7-22)33-18-16-32(17-19-33)25-12-8-23(29)9-13-25/h4-15,27H,16-20H2,1-3H3,(H,30,34)/t27-/m0/s1. The molecular weight excluding hydrogens is 443 g/mol. The second-order valence-electron chi connectivity index (χ2n) is 8.94. The molecule has 3 aromatic rings. The van der Waals surface area contributed by atoms with Crippen molar-refractivity contribution in [3.8, 4) is 5.75 Å². The molecule has 4 rings (SSSR count). The summed E-state index contributed by atoms with van der Waals surface area (Å²) in [5.74, 6) is 0.396. The lowest BCUT2D eigenvalue weighted by atomic mass is 10.0. The van der Waals surface area contributed by atoms with E-state index in [2.05, 4.69) is 44.3 Å². The number of carbonyl (C=O) groups excluding carboxylic acids is 1. The first-order chi connectivity index (χ1) is 16.9. The Hall–Kier alpha value is -3.58. The molecule has 1 atom stereocenters. The van der Waals surface area contributed by atoms with Gasteiger partial charge < -0.3 is 19.9 Å². The van der Waals surface area contributed by atoms with Gasteiger partial charge in [-0.15, -0.1) is 0 Å². The van der Waals surface area contributed by atoms with E-state index in [1.807, 2.05) is 26.2 Å². The van der Waals surface area contributed by atoms with Gasteiger partial charge in [0, 0.05) is 63.8 Å². The lowest BCUT2D eigenvalue weighted by Crippen LogP contribution is -2.50. The van der Waals surface area contributed by atoms with Gasteiger partial charge in [0.25, 0.3) is 5.91 Å². The number of anilines is 2. The summed E-state index contributed by atoms with van der Waals surface area (Å²) in [6.45, 7) is 3.86. The molecule has 1 aliphatic rings. The fourth-order valence-corrected chi connectivity index (χ4v) is 4.43. The number of hydrogen-bond donors (Lipinski definition) is 1. The summed E-state index contributed by atoms with van der Waals surface area (Å²) >= 11 is 0. The van der Waals surface area contributed by atoms with Gasteiger partial charge in [0.2, 0.25) is 0 Å². The third-order valence-corrected chi connectivity index (χ3v) is 6.55. The fraction of sp³-hybridized carbons (Fsp3) is 0.321. The number of amides is 1. The quantitative estimate of drug-likeness (QED) is 0.528. The van der Waals surface area contributed by atoms with Gasteiger partial charge >= 0.3 is 0 Å². The van der Waals surface area contributed by atoms with Crippen LogP contribution in [0.25, 0.3) is 0 Å². The van der Waals surface area contributed by atoms with Crippen molar-refractivity contribution < 1.29 is 13.9 Å². The maximum Gasteiger partial charge on any atom is 0.251 e. The molecule has 0 saturated carbocycles. The summed E-state index contributed by atoms with van der Waals surface area (Å²) in [6.07, 6.45) is 0. The van der Waals surface area contributed by atoms with E-state index in [1.165, 1.54) is 17.7 Å². The fourth-order valence-electron chi connectivity index (χ4n) is 4.43. The highest BCUT2D eigenvalue weighted by atomic mass is 19.1. The maximum absolute atomic E-state index is 13.3. The molecule has 6 nitrogen and oxygen atoms in total. The lowest BCUT2D eigenvalue weighted by Gasteiger charge is -2.40. The third-order valence-electron chi connectivity index (χ3n) is 6.55. The zero-order chi connectivity index (χ0) is 24.8. The van der Waals surface area contributed by atoms with Crippen molar-refractivity contribution in [3.05, 3.63) is 89.7 Å². The monoisotopic (exact) mass is 476 g/mol. The average Bonchev–Trinajstić information content (AvgIpc) is 2.90. The van der Waals surface area contributed by atoms with E-state index in [1.54, 1.807) is 31.4 Å². The van der Waals surface area contributed by atoms with Crippen LogP contribution in [0, 0.1) is 5.82 Å². The highest BCUT2D eigenvalue weighted by molar-refractivity contribution is 5.94. The van der Waals surface area contributed by atoms with Crippen LogP contribution in [0.4, 0.5) is 15.8 Å². The van der Waals surface area contributed by atoms with Crippen molar-refractivity contribution in [1.82, 2.24) is 10.2 Å². The van der Waals surface area contributed by atoms with E-state index < -0.39 is 0 Å². The first-order valence-electron chi connectivity index (χ1n) is 11.9. The molecule has 1 saturated heterocycles. The van der Waals surface area contributed by atoms with E-state index in [-0.39, 0.29) is 17.8 Å². The average molecular weight is 477 g/mol. The molecule has 0 spiro atoms. The van der Waals surface area contributed by atoms with E-state index in [0.717, 1.165) is 43.3 Å². The van der Waals surface area contributed by atoms with Crippen molar-refractivity contribution in [2.75, 3.05) is 63.7 Å². The number of carbonyl (C=O) groups is 1. The maximum atomic E-state index is 13.3. The third kappa shape index (κ3) is 6.11. The second-order valence-corrected chi connectivity index (χ2v) is 8.94. The Kier molecular flexibility index (Phi) is 7.87. The SMILES string of the molecule is COc1ccc(C(=O)NC[C@@H](c2ccc(N(C)C)cc2)N2CCN(c3ccc(F)cc3)CC2)cc1. The Morgan fingerprint density at radius 1 is 0.943 bits per heavy atom. The first-order valence-corrected chi connectivity index (χ1v) is 11.9. The topological polar surface area (TPSA) is 48.1 Å². The molecule has 7 heteroatoms. The van der Waals surface area contributed by atoms with Crippen LogP contribution in [0.3, 0.4) is 0 Å². The van der Waals surface area contributed by atoms with Crippen LogP contribution in [0.1, 0.15) is 22.0 Å². The molecule has 184 valence electrons. The molecule has 3 aromatic carbocycles. The summed E-state index contributed by atoms with van der Waals surface area (Å²) in [4.78, 5) is 19.6. The van der Waals surface area contributed by atoms with Crippen LogP contribution in [0.15, 0.2) is 72.8 Å². The van der Waals surface area contributed by atoms with Crippen molar-refractivity contribution >= 4 is 17.3 Å². The molecule has 1 N–H and O–H groups in total. The van der Waals surface area contributed by atoms with Crippen molar-refractivity contribution in [1.29, 1.82) is 0 Å². The van der Waals surface area contributed by atoms with Gasteiger partial charge in [0.1, 0.15) is 11.6 Å². The van der Waals surface area contributed by atoms with Gasteiger partial charge in [0.05, 0.1) is 13.2 Å². The predicted octanol–water partition coefficient (Wildman–Crippen LogP) is 4.19. The van der Waals surface area contributed by atoms with Crippen molar-refractivity contribution in [2.24, 2.45) is 0 Å². The number of ether oxygens (including phenoxy) is 1. The molecule has 0 radical (unpaired) electrons. The predicted molar refractivity (Wildman–Crippen MR) is 139 cm³/mol. The van der Waals surface area contributed by atoms with E-state index >= 15 is 0 Å². The highest BCUT2D eigenvalue weighted by Crippen LogP contribution is 2.26. The van der Waals surface area contributed by atoms with Crippen molar-refractivity contribution in [2.45, 2.75) is 6.04 Å². The van der Waals surface area contributed by atoms with Gasteiger partial charge in [-0.3, -0.25) is 9.69 Å². The van der Waals surface area contributed by atoms with Crippen LogP contribution < -0.4 is 19.9 Å². The molecule has 35 heavy (non-hydrogen) atoms. The molecule has 1 amide bonds. The Balaban J connectivity index is 1.47. The summed E-state index contributed by atoms with van der Waals surface area (Å²) in [5, 5.41) is 3.13. The molecule has 0 aliphatic carbocycles. The van der Waals surface area contributed by atoms with Gasteiger partial charge in [0.15, 0.2) is 0 Å². The van der Waals surface area contributed by atoms with Gasteiger partial charge in [-0.1, -0.05) is 12.1 Å².